The van der Waals surface area contributed by atoms with Crippen molar-refractivity contribution in [3.05, 3.63) is 131 Å². The van der Waals surface area contributed by atoms with Gasteiger partial charge in [0.15, 0.2) is 23.3 Å². The van der Waals surface area contributed by atoms with Crippen molar-refractivity contribution >= 4 is 30.1 Å². The number of fused-ring (bicyclic) bond motifs is 2. The molecule has 4 aliphatic heterocycles. The van der Waals surface area contributed by atoms with Crippen LogP contribution in [0.3, 0.4) is 0 Å². The van der Waals surface area contributed by atoms with E-state index < -0.39 is 76.1 Å². The minimum Gasteiger partial charge on any atom is -0.493 e. The Morgan fingerprint density at radius 1 is 0.570 bits per heavy atom. The Balaban J connectivity index is 0.000000232. The lowest BCUT2D eigenvalue weighted by atomic mass is 9.85. The first kappa shape index (κ1) is 59.6. The molecule has 8 rings (SSSR count). The summed E-state index contributed by atoms with van der Waals surface area (Å²) in [6.07, 6.45) is -0.578. The number of nitrogens with two attached hydrogens (primary N) is 1. The van der Waals surface area contributed by atoms with Crippen LogP contribution in [0.2, 0.25) is 0 Å². The van der Waals surface area contributed by atoms with Gasteiger partial charge >= 0.3 is 18.3 Å². The minimum absolute atomic E-state index is 0.0398. The number of benzene rings is 4. The maximum absolute atomic E-state index is 14.1. The normalized spacial score (nSPS) is 21.5. The highest BCUT2D eigenvalue weighted by atomic mass is 19.2. The molecule has 4 fully saturated rings. The van der Waals surface area contributed by atoms with Gasteiger partial charge in [-0.1, -0.05) is 102 Å². The van der Waals surface area contributed by atoms with Crippen molar-refractivity contribution in [3.63, 3.8) is 0 Å². The second kappa shape index (κ2) is 24.9. The van der Waals surface area contributed by atoms with Gasteiger partial charge in [-0.3, -0.25) is 9.59 Å². The van der Waals surface area contributed by atoms with Gasteiger partial charge < -0.3 is 54.3 Å². The Labute approximate surface area is 459 Å². The van der Waals surface area contributed by atoms with Gasteiger partial charge in [-0.25, -0.2) is 31.9 Å². The number of ether oxygens (including phenoxy) is 5. The highest BCUT2D eigenvalue weighted by Crippen LogP contribution is 2.40. The minimum atomic E-state index is -1.04. The van der Waals surface area contributed by atoms with E-state index in [1.54, 1.807) is 40.4 Å². The molecule has 79 heavy (non-hydrogen) atoms. The van der Waals surface area contributed by atoms with Crippen molar-refractivity contribution < 1.29 is 65.2 Å². The molecule has 8 atom stereocenters. The van der Waals surface area contributed by atoms with Crippen LogP contribution < -0.4 is 20.5 Å². The van der Waals surface area contributed by atoms with E-state index in [1.807, 2.05) is 102 Å². The number of amides is 5. The van der Waals surface area contributed by atoms with Crippen molar-refractivity contribution in [2.24, 2.45) is 28.4 Å². The van der Waals surface area contributed by atoms with Crippen molar-refractivity contribution in [2.45, 2.75) is 130 Å². The zero-order valence-corrected chi connectivity index (χ0v) is 46.4. The predicted molar refractivity (Wildman–Crippen MR) is 285 cm³/mol. The lowest BCUT2D eigenvalue weighted by molar-refractivity contribution is -0.138. The molecule has 20 heteroatoms. The summed E-state index contributed by atoms with van der Waals surface area (Å²) >= 11 is 0. The first-order valence-electron chi connectivity index (χ1n) is 26.7. The second-order valence-corrected chi connectivity index (χ2v) is 23.7. The van der Waals surface area contributed by atoms with E-state index in [-0.39, 0.29) is 86.2 Å². The van der Waals surface area contributed by atoms with E-state index in [0.717, 1.165) is 35.4 Å². The summed E-state index contributed by atoms with van der Waals surface area (Å²) in [6.45, 7) is 18.3. The van der Waals surface area contributed by atoms with Crippen molar-refractivity contribution in [1.82, 2.24) is 24.9 Å². The Hall–Kier alpha value is -7.09. The summed E-state index contributed by atoms with van der Waals surface area (Å²) in [4.78, 5) is 73.3. The van der Waals surface area contributed by atoms with Crippen LogP contribution in [0.1, 0.15) is 86.3 Å². The van der Waals surface area contributed by atoms with Gasteiger partial charge in [0.25, 0.3) is 0 Å². The third-order valence-corrected chi connectivity index (χ3v) is 14.6. The van der Waals surface area contributed by atoms with Crippen LogP contribution in [-0.2, 0) is 37.0 Å². The zero-order chi connectivity index (χ0) is 57.6. The number of carbonyl (C=O) groups excluding carboxylic acids is 5. The SMILES string of the molecule is CC(C)(C)OC(=O)N[C@H](C(=O)N1CC[C@@H]2[C@H]1[C@@H](COc1ccc(F)c(F)c1)CN2C(=O)OCc1ccccc1)C(C)(C)C.CC(C)(C)[C@H](N)C(=O)N1CC[C@@H]2[C@H]1[C@@H](COc1ccc(F)c(F)c1)CN2C(=O)OCc1ccccc1. The van der Waals surface area contributed by atoms with Crippen molar-refractivity contribution in [3.8, 4) is 11.5 Å². The number of hydrogen-bond donors (Lipinski definition) is 2. The van der Waals surface area contributed by atoms with Crippen LogP contribution >= 0.6 is 0 Å². The number of hydrogen-bond acceptors (Lipinski definition) is 11. The van der Waals surface area contributed by atoms with E-state index in [4.69, 9.17) is 29.4 Å². The van der Waals surface area contributed by atoms with E-state index in [1.165, 1.54) is 12.1 Å². The van der Waals surface area contributed by atoms with Gasteiger partial charge in [0.1, 0.15) is 36.4 Å². The van der Waals surface area contributed by atoms with Crippen molar-refractivity contribution in [2.75, 3.05) is 39.4 Å². The highest BCUT2D eigenvalue weighted by molar-refractivity contribution is 5.87. The molecule has 4 aliphatic rings. The fraction of sp³-hybridized carbons (Fsp3) is 0.508. The number of alkyl carbamates (subject to hydrolysis) is 1. The molecule has 0 unspecified atom stereocenters. The molecule has 3 N–H and O–H groups in total. The van der Waals surface area contributed by atoms with Gasteiger partial charge in [0, 0.05) is 50.1 Å². The molecule has 4 saturated heterocycles. The number of rotatable bonds is 13. The van der Waals surface area contributed by atoms with Crippen LogP contribution in [0.15, 0.2) is 97.1 Å². The van der Waals surface area contributed by atoms with Crippen LogP contribution in [0, 0.1) is 45.9 Å². The summed E-state index contributed by atoms with van der Waals surface area (Å²) in [7, 11) is 0. The molecule has 4 aromatic rings. The number of likely N-dealkylation sites (tertiary alicyclic amines) is 4. The van der Waals surface area contributed by atoms with Crippen LogP contribution in [0.4, 0.5) is 31.9 Å². The highest BCUT2D eigenvalue weighted by Gasteiger charge is 2.55. The monoisotopic (exact) mass is 1100 g/mol. The van der Waals surface area contributed by atoms with Gasteiger partial charge in [-0.2, -0.15) is 0 Å². The molecule has 0 saturated carbocycles. The zero-order valence-electron chi connectivity index (χ0n) is 46.4. The molecule has 4 heterocycles. The first-order chi connectivity index (χ1) is 37.2. The van der Waals surface area contributed by atoms with E-state index in [0.29, 0.717) is 32.5 Å². The lowest BCUT2D eigenvalue weighted by Gasteiger charge is -2.37. The average Bonchev–Trinajstić information content (AvgIpc) is 4.41. The topological polar surface area (TPSA) is 183 Å². The maximum Gasteiger partial charge on any atom is 0.410 e. The van der Waals surface area contributed by atoms with E-state index in [2.05, 4.69) is 5.32 Å². The number of carbonyl (C=O) groups is 5. The Kier molecular flexibility index (Phi) is 18.8. The fourth-order valence-electron chi connectivity index (χ4n) is 10.6. The summed E-state index contributed by atoms with van der Waals surface area (Å²) in [5, 5.41) is 2.76. The molecule has 5 amide bonds. The number of nitrogens with one attached hydrogen (secondary N) is 1. The molecule has 0 radical (unpaired) electrons. The Bertz CT molecular complexity index is 2780. The predicted octanol–water partition coefficient (Wildman–Crippen LogP) is 9.48. The smallest absolute Gasteiger partial charge is 0.410 e. The molecular formula is C59H74F4N6O10. The molecule has 0 bridgehead atoms. The third kappa shape index (κ3) is 15.0. The van der Waals surface area contributed by atoms with Gasteiger partial charge in [0.2, 0.25) is 11.8 Å². The first-order valence-corrected chi connectivity index (χ1v) is 26.7. The van der Waals surface area contributed by atoms with Gasteiger partial charge in [-0.05, 0) is 79.8 Å². The number of nitrogens with zero attached hydrogens (tertiary/aromatic N) is 4. The van der Waals surface area contributed by atoms with Gasteiger partial charge in [0.05, 0.1) is 43.4 Å². The Morgan fingerprint density at radius 2 is 0.987 bits per heavy atom. The molecule has 16 nitrogen and oxygen atoms in total. The van der Waals surface area contributed by atoms with Gasteiger partial charge in [-0.15, -0.1) is 0 Å². The summed E-state index contributed by atoms with van der Waals surface area (Å²) in [6, 6.07) is 22.3. The molecule has 4 aromatic carbocycles. The fourth-order valence-corrected chi connectivity index (χ4v) is 10.6. The molecule has 428 valence electrons. The third-order valence-electron chi connectivity index (χ3n) is 14.6. The molecular weight excluding hydrogens is 1030 g/mol. The molecule has 0 aliphatic carbocycles. The maximum atomic E-state index is 14.1. The quantitative estimate of drug-likeness (QED) is 0.0961. The van der Waals surface area contributed by atoms with Crippen LogP contribution in [0.5, 0.6) is 11.5 Å². The summed E-state index contributed by atoms with van der Waals surface area (Å²) in [5.41, 5.74) is 6.18. The standard InChI is InChI=1S/C32H41F2N3O6.C27H33F2N3O4/c1-31(2,3)27(35-29(39)43-32(4,5)6)28(38)36-15-14-25-26(36)21(19-41-22-12-13-23(33)24(34)16-22)17-37(25)30(40)42-18-20-10-8-7-9-11-20;1-27(2,3)24(30)25(33)31-12-11-22-23(31)18(16-35-19-9-10-20(28)21(29)13-19)14-32(22)26(34)36-15-17-7-5-4-6-8-17/h7-13,16,21,25-27H,14-15,17-19H2,1-6H3,(H,35,39);4-10,13,18,22-24H,11-12,14-16,30H2,1-3H3/t21-,25-,26-,27-;18-,22-,23-,24-/m11/s1. The molecule has 0 spiro atoms. The largest absolute Gasteiger partial charge is 0.493 e. The Morgan fingerprint density at radius 3 is 1.37 bits per heavy atom. The summed E-state index contributed by atoms with van der Waals surface area (Å²) < 4.78 is 82.6. The van der Waals surface area contributed by atoms with Crippen LogP contribution in [-0.4, -0.2) is 131 Å². The van der Waals surface area contributed by atoms with E-state index in [9.17, 15) is 41.5 Å². The average molecular weight is 1100 g/mol. The van der Waals surface area contributed by atoms with Crippen LogP contribution in [0.25, 0.3) is 0 Å². The molecule has 0 aromatic heterocycles. The summed E-state index contributed by atoms with van der Waals surface area (Å²) in [5.74, 6) is -4.77. The van der Waals surface area contributed by atoms with Crippen molar-refractivity contribution in [1.29, 1.82) is 0 Å². The number of halogens is 4. The van der Waals surface area contributed by atoms with E-state index >= 15 is 0 Å². The lowest BCUT2D eigenvalue weighted by Crippen LogP contribution is -2.57. The second-order valence-electron chi connectivity index (χ2n) is 23.7.